The van der Waals surface area contributed by atoms with E-state index in [1.807, 2.05) is 30.3 Å². The van der Waals surface area contributed by atoms with Gasteiger partial charge in [-0.3, -0.25) is 4.79 Å². The maximum absolute atomic E-state index is 13.0. The number of halogens is 2. The number of amides is 1. The molecule has 1 amide bonds. The fraction of sp³-hybridized carbons (Fsp3) is 0.136. The quantitative estimate of drug-likeness (QED) is 0.534. The van der Waals surface area contributed by atoms with E-state index in [2.05, 4.69) is 5.32 Å². The zero-order valence-corrected chi connectivity index (χ0v) is 18.7. The molecule has 0 radical (unpaired) electrons. The van der Waals surface area contributed by atoms with Crippen LogP contribution in [0.2, 0.25) is 10.0 Å². The summed E-state index contributed by atoms with van der Waals surface area (Å²) in [5, 5.41) is 3.40. The van der Waals surface area contributed by atoms with Gasteiger partial charge in [0.25, 0.3) is 5.91 Å². The van der Waals surface area contributed by atoms with Crippen molar-refractivity contribution in [3.63, 3.8) is 0 Å². The number of anilines is 1. The fourth-order valence-corrected chi connectivity index (χ4v) is 4.44. The lowest BCUT2D eigenvalue weighted by Crippen LogP contribution is -2.27. The highest BCUT2D eigenvalue weighted by molar-refractivity contribution is 7.89. The SMILES string of the molecule is Cc1c(Cl)cccc1NC(=O)c1cc(S(=O)(=O)N(C)Cc2ccccc2)ccc1Cl. The average molecular weight is 463 g/mol. The van der Waals surface area contributed by atoms with Crippen LogP contribution < -0.4 is 5.32 Å². The number of nitrogens with one attached hydrogen (secondary N) is 1. The zero-order chi connectivity index (χ0) is 21.9. The van der Waals surface area contributed by atoms with Gasteiger partial charge in [0.15, 0.2) is 0 Å². The van der Waals surface area contributed by atoms with Gasteiger partial charge in [0, 0.05) is 24.3 Å². The molecular weight excluding hydrogens is 443 g/mol. The number of sulfonamides is 1. The number of nitrogens with zero attached hydrogens (tertiary/aromatic N) is 1. The van der Waals surface area contributed by atoms with Gasteiger partial charge in [0.05, 0.1) is 15.5 Å². The Morgan fingerprint density at radius 1 is 0.967 bits per heavy atom. The summed E-state index contributed by atoms with van der Waals surface area (Å²) in [6.45, 7) is 1.98. The number of rotatable bonds is 6. The summed E-state index contributed by atoms with van der Waals surface area (Å²) in [6, 6.07) is 18.5. The standard InChI is InChI=1S/C22H20Cl2N2O3S/c1-15-19(23)9-6-10-21(15)25-22(27)18-13-17(11-12-20(18)24)30(28,29)26(2)14-16-7-4-3-5-8-16/h3-13H,14H2,1-2H3,(H,25,27). The first-order valence-corrected chi connectivity index (χ1v) is 11.3. The van der Waals surface area contributed by atoms with Crippen molar-refractivity contribution in [2.45, 2.75) is 18.4 Å². The Kier molecular flexibility index (Phi) is 6.83. The Morgan fingerprint density at radius 3 is 2.37 bits per heavy atom. The van der Waals surface area contributed by atoms with Gasteiger partial charge in [-0.2, -0.15) is 4.31 Å². The van der Waals surface area contributed by atoms with Crippen LogP contribution >= 0.6 is 23.2 Å². The van der Waals surface area contributed by atoms with E-state index in [-0.39, 0.29) is 22.0 Å². The Morgan fingerprint density at radius 2 is 1.67 bits per heavy atom. The summed E-state index contributed by atoms with van der Waals surface area (Å²) in [7, 11) is -2.33. The molecule has 0 aromatic heterocycles. The predicted octanol–water partition coefficient (Wildman–Crippen LogP) is 5.37. The van der Waals surface area contributed by atoms with Crippen LogP contribution in [0.1, 0.15) is 21.5 Å². The molecule has 0 bridgehead atoms. The van der Waals surface area contributed by atoms with Crippen molar-refractivity contribution in [3.05, 3.63) is 93.5 Å². The van der Waals surface area contributed by atoms with Gasteiger partial charge >= 0.3 is 0 Å². The molecular formula is C22H20Cl2N2O3S. The van der Waals surface area contributed by atoms with Crippen LogP contribution in [0.4, 0.5) is 5.69 Å². The van der Waals surface area contributed by atoms with Crippen molar-refractivity contribution in [2.24, 2.45) is 0 Å². The third-order valence-electron chi connectivity index (χ3n) is 4.65. The van der Waals surface area contributed by atoms with Gasteiger partial charge in [-0.25, -0.2) is 8.42 Å². The Hall–Kier alpha value is -2.38. The van der Waals surface area contributed by atoms with Gasteiger partial charge in [-0.05, 0) is 48.4 Å². The summed E-state index contributed by atoms with van der Waals surface area (Å²) in [4.78, 5) is 12.8. The van der Waals surface area contributed by atoms with E-state index in [1.54, 1.807) is 25.1 Å². The molecule has 3 aromatic rings. The number of carbonyl (C=O) groups excluding carboxylic acids is 1. The normalized spacial score (nSPS) is 11.5. The van der Waals surface area contributed by atoms with E-state index in [9.17, 15) is 13.2 Å². The largest absolute Gasteiger partial charge is 0.322 e. The Bertz CT molecular complexity index is 1180. The van der Waals surface area contributed by atoms with Crippen molar-refractivity contribution < 1.29 is 13.2 Å². The highest BCUT2D eigenvalue weighted by Gasteiger charge is 2.23. The first-order chi connectivity index (χ1) is 14.2. The topological polar surface area (TPSA) is 66.5 Å². The summed E-state index contributed by atoms with van der Waals surface area (Å²) in [5.41, 5.74) is 2.14. The van der Waals surface area contributed by atoms with E-state index in [4.69, 9.17) is 23.2 Å². The molecule has 3 rings (SSSR count). The molecule has 5 nitrogen and oxygen atoms in total. The molecule has 0 saturated heterocycles. The van der Waals surface area contributed by atoms with Crippen LogP contribution in [0.15, 0.2) is 71.6 Å². The molecule has 0 saturated carbocycles. The fourth-order valence-electron chi connectivity index (χ4n) is 2.88. The molecule has 0 aliphatic heterocycles. The third kappa shape index (κ3) is 4.84. The monoisotopic (exact) mass is 462 g/mol. The second kappa shape index (κ2) is 9.18. The average Bonchev–Trinajstić information content (AvgIpc) is 2.72. The van der Waals surface area contributed by atoms with Gasteiger partial charge in [0.1, 0.15) is 0 Å². The van der Waals surface area contributed by atoms with Crippen molar-refractivity contribution >= 4 is 44.8 Å². The maximum Gasteiger partial charge on any atom is 0.257 e. The van der Waals surface area contributed by atoms with E-state index < -0.39 is 15.9 Å². The van der Waals surface area contributed by atoms with Crippen molar-refractivity contribution in [2.75, 3.05) is 12.4 Å². The minimum Gasteiger partial charge on any atom is -0.322 e. The molecule has 0 fully saturated rings. The molecule has 30 heavy (non-hydrogen) atoms. The number of hydrogen-bond donors (Lipinski definition) is 1. The lowest BCUT2D eigenvalue weighted by molar-refractivity contribution is 0.102. The minimum atomic E-state index is -3.82. The molecule has 0 aliphatic rings. The summed E-state index contributed by atoms with van der Waals surface area (Å²) >= 11 is 12.3. The van der Waals surface area contributed by atoms with Crippen LogP contribution in [-0.4, -0.2) is 25.7 Å². The molecule has 8 heteroatoms. The van der Waals surface area contributed by atoms with Crippen LogP contribution in [0, 0.1) is 6.92 Å². The lowest BCUT2D eigenvalue weighted by atomic mass is 10.1. The van der Waals surface area contributed by atoms with E-state index in [0.29, 0.717) is 16.3 Å². The van der Waals surface area contributed by atoms with Gasteiger partial charge in [-0.1, -0.05) is 59.6 Å². The van der Waals surface area contributed by atoms with Gasteiger partial charge < -0.3 is 5.32 Å². The van der Waals surface area contributed by atoms with Crippen LogP contribution in [0.25, 0.3) is 0 Å². The van der Waals surface area contributed by atoms with Crippen molar-refractivity contribution in [1.82, 2.24) is 4.31 Å². The summed E-state index contributed by atoms with van der Waals surface area (Å²) in [6.07, 6.45) is 0. The van der Waals surface area contributed by atoms with Crippen LogP contribution in [-0.2, 0) is 16.6 Å². The molecule has 3 aromatic carbocycles. The predicted molar refractivity (Wildman–Crippen MR) is 121 cm³/mol. The molecule has 0 heterocycles. The second-order valence-electron chi connectivity index (χ2n) is 6.75. The van der Waals surface area contributed by atoms with E-state index in [1.165, 1.54) is 29.6 Å². The summed E-state index contributed by atoms with van der Waals surface area (Å²) < 4.78 is 27.3. The minimum absolute atomic E-state index is 0.0155. The lowest BCUT2D eigenvalue weighted by Gasteiger charge is -2.18. The van der Waals surface area contributed by atoms with E-state index in [0.717, 1.165) is 5.56 Å². The van der Waals surface area contributed by atoms with Crippen molar-refractivity contribution in [3.8, 4) is 0 Å². The van der Waals surface area contributed by atoms with Crippen LogP contribution in [0.5, 0.6) is 0 Å². The maximum atomic E-state index is 13.0. The third-order valence-corrected chi connectivity index (χ3v) is 7.19. The number of hydrogen-bond acceptors (Lipinski definition) is 3. The highest BCUT2D eigenvalue weighted by atomic mass is 35.5. The van der Waals surface area contributed by atoms with E-state index >= 15 is 0 Å². The zero-order valence-electron chi connectivity index (χ0n) is 16.4. The Labute approximate surface area is 186 Å². The molecule has 0 unspecified atom stereocenters. The molecule has 0 spiro atoms. The first kappa shape index (κ1) is 22.3. The number of carbonyl (C=O) groups is 1. The highest BCUT2D eigenvalue weighted by Crippen LogP contribution is 2.27. The van der Waals surface area contributed by atoms with Gasteiger partial charge in [0.2, 0.25) is 10.0 Å². The summed E-state index contributed by atoms with van der Waals surface area (Å²) in [5.74, 6) is -0.520. The smallest absolute Gasteiger partial charge is 0.257 e. The number of benzene rings is 3. The van der Waals surface area contributed by atoms with Crippen LogP contribution in [0.3, 0.4) is 0 Å². The molecule has 156 valence electrons. The molecule has 0 atom stereocenters. The second-order valence-corrected chi connectivity index (χ2v) is 9.61. The molecule has 1 N–H and O–H groups in total. The van der Waals surface area contributed by atoms with Gasteiger partial charge in [-0.15, -0.1) is 0 Å². The first-order valence-electron chi connectivity index (χ1n) is 9.06. The molecule has 0 aliphatic carbocycles. The Balaban J connectivity index is 1.88. The van der Waals surface area contributed by atoms with Crippen molar-refractivity contribution in [1.29, 1.82) is 0 Å².